The Kier molecular flexibility index (Phi) is 8.30. The molecule has 0 aliphatic heterocycles. The summed E-state index contributed by atoms with van der Waals surface area (Å²) in [4.78, 5) is 2.32. The Morgan fingerprint density at radius 2 is 1.12 bits per heavy atom. The quantitative estimate of drug-likeness (QED) is 0.145. The molecule has 0 unspecified atom stereocenters. The lowest BCUT2D eigenvalue weighted by molar-refractivity contribution is 0.669. The molecular formula is C56H37NO2. The van der Waals surface area contributed by atoms with Crippen molar-refractivity contribution in [1.29, 1.82) is 0 Å². The molecule has 0 saturated heterocycles. The molecule has 0 N–H and O–H groups in total. The molecule has 3 heteroatoms. The highest BCUT2D eigenvalue weighted by molar-refractivity contribution is 6.11. The Balaban J connectivity index is 1.08. The van der Waals surface area contributed by atoms with Crippen molar-refractivity contribution >= 4 is 82.9 Å². The van der Waals surface area contributed by atoms with Gasteiger partial charge in [-0.05, 0) is 111 Å². The van der Waals surface area contributed by atoms with Crippen LogP contribution in [-0.2, 0) is 0 Å². The molecular weight excluding hydrogens is 719 g/mol. The second kappa shape index (κ2) is 14.3. The van der Waals surface area contributed by atoms with E-state index in [2.05, 4.69) is 200 Å². The number of para-hydroxylation sites is 2. The van der Waals surface area contributed by atoms with Gasteiger partial charge in [0.1, 0.15) is 22.3 Å². The van der Waals surface area contributed by atoms with Gasteiger partial charge in [-0.2, -0.15) is 0 Å². The molecule has 11 rings (SSSR count). The molecule has 278 valence electrons. The third-order valence-corrected chi connectivity index (χ3v) is 11.4. The van der Waals surface area contributed by atoms with E-state index in [1.807, 2.05) is 24.3 Å². The lowest BCUT2D eigenvalue weighted by atomic mass is 9.97. The lowest BCUT2D eigenvalue weighted by Crippen LogP contribution is -2.15. The molecule has 59 heavy (non-hydrogen) atoms. The van der Waals surface area contributed by atoms with Crippen LogP contribution in [0.25, 0.3) is 93.8 Å². The van der Waals surface area contributed by atoms with Crippen molar-refractivity contribution in [3.05, 3.63) is 224 Å². The summed E-state index contributed by atoms with van der Waals surface area (Å²) < 4.78 is 12.8. The van der Waals surface area contributed by atoms with Gasteiger partial charge in [-0.25, -0.2) is 0 Å². The van der Waals surface area contributed by atoms with Crippen LogP contribution in [0.2, 0.25) is 0 Å². The maximum atomic E-state index is 6.45. The fraction of sp³-hybridized carbons (Fsp3) is 0. The number of nitrogens with zero attached hydrogens (tertiary/aromatic N) is 1. The number of hydrogen-bond acceptors (Lipinski definition) is 3. The van der Waals surface area contributed by atoms with Gasteiger partial charge in [0, 0.05) is 44.2 Å². The minimum Gasteiger partial charge on any atom is -0.456 e. The summed E-state index contributed by atoms with van der Waals surface area (Å²) in [5.74, 6) is 0. The van der Waals surface area contributed by atoms with E-state index in [0.717, 1.165) is 88.6 Å². The van der Waals surface area contributed by atoms with E-state index in [0.29, 0.717) is 0 Å². The Labute approximate surface area is 341 Å². The molecule has 0 amide bonds. The van der Waals surface area contributed by atoms with Crippen molar-refractivity contribution in [3.63, 3.8) is 0 Å². The molecule has 0 fully saturated rings. The molecule has 2 heterocycles. The van der Waals surface area contributed by atoms with Gasteiger partial charge in [-0.1, -0.05) is 152 Å². The fourth-order valence-electron chi connectivity index (χ4n) is 8.60. The average molecular weight is 756 g/mol. The maximum Gasteiger partial charge on any atom is 0.143 e. The van der Waals surface area contributed by atoms with E-state index in [-0.39, 0.29) is 0 Å². The fourth-order valence-corrected chi connectivity index (χ4v) is 8.60. The van der Waals surface area contributed by atoms with Crippen molar-refractivity contribution in [2.24, 2.45) is 0 Å². The molecule has 2 aromatic heterocycles. The minimum absolute atomic E-state index is 0.866. The van der Waals surface area contributed by atoms with Gasteiger partial charge in [-0.3, -0.25) is 0 Å². The molecule has 0 radical (unpaired) electrons. The first kappa shape index (κ1) is 34.4. The number of benzene rings is 9. The summed E-state index contributed by atoms with van der Waals surface area (Å²) in [5.41, 5.74) is 12.1. The van der Waals surface area contributed by atoms with Crippen molar-refractivity contribution in [2.45, 2.75) is 0 Å². The first-order chi connectivity index (χ1) is 29.2. The van der Waals surface area contributed by atoms with Crippen LogP contribution in [0.15, 0.2) is 227 Å². The smallest absolute Gasteiger partial charge is 0.143 e. The van der Waals surface area contributed by atoms with Crippen LogP contribution in [0.5, 0.6) is 0 Å². The van der Waals surface area contributed by atoms with Gasteiger partial charge in [0.2, 0.25) is 0 Å². The number of furan rings is 2. The number of fused-ring (bicyclic) bond motifs is 8. The van der Waals surface area contributed by atoms with E-state index in [9.17, 15) is 0 Å². The van der Waals surface area contributed by atoms with Gasteiger partial charge >= 0.3 is 0 Å². The van der Waals surface area contributed by atoms with Crippen molar-refractivity contribution in [3.8, 4) is 22.3 Å². The van der Waals surface area contributed by atoms with Crippen LogP contribution in [0.3, 0.4) is 0 Å². The van der Waals surface area contributed by atoms with Gasteiger partial charge < -0.3 is 13.7 Å². The molecule has 0 bridgehead atoms. The molecule has 0 atom stereocenters. The van der Waals surface area contributed by atoms with Gasteiger partial charge in [-0.15, -0.1) is 0 Å². The van der Waals surface area contributed by atoms with E-state index >= 15 is 0 Å². The Hall–Kier alpha value is -7.88. The second-order valence-electron chi connectivity index (χ2n) is 15.0. The third-order valence-electron chi connectivity index (χ3n) is 11.4. The maximum absolute atomic E-state index is 6.45. The Morgan fingerprint density at radius 1 is 0.441 bits per heavy atom. The van der Waals surface area contributed by atoms with Crippen molar-refractivity contribution < 1.29 is 8.83 Å². The zero-order chi connectivity index (χ0) is 39.3. The highest BCUT2D eigenvalue weighted by Gasteiger charge is 2.18. The summed E-state index contributed by atoms with van der Waals surface area (Å²) in [7, 11) is 0. The molecule has 3 nitrogen and oxygen atoms in total. The van der Waals surface area contributed by atoms with Crippen molar-refractivity contribution in [2.75, 3.05) is 4.90 Å². The Morgan fingerprint density at radius 3 is 1.98 bits per heavy atom. The zero-order valence-electron chi connectivity index (χ0n) is 32.2. The zero-order valence-corrected chi connectivity index (χ0v) is 32.2. The molecule has 0 aliphatic rings. The predicted octanol–water partition coefficient (Wildman–Crippen LogP) is 16.0. The molecule has 0 spiro atoms. The third kappa shape index (κ3) is 6.08. The number of rotatable bonds is 8. The largest absolute Gasteiger partial charge is 0.456 e. The normalized spacial score (nSPS) is 12.2. The summed E-state index contributed by atoms with van der Waals surface area (Å²) >= 11 is 0. The standard InChI is InChI=1S/C56H37NO2/c1-2-3-18-44(32-37-26-31-54-51(33-37)52-35-40-14-4-5-15-41(40)36-55(52)58-54)57(45-19-10-17-42(34-45)47-22-11-16-38-13-6-7-20-46(38)47)43-29-27-39(28-30-43)48-23-12-24-50-49-21-8-9-25-53(49)59-56(48)50/h2-36H,1H2/b18-3-,44-32-. The van der Waals surface area contributed by atoms with Crippen LogP contribution >= 0.6 is 0 Å². The van der Waals surface area contributed by atoms with Crippen molar-refractivity contribution in [1.82, 2.24) is 0 Å². The molecule has 0 saturated carbocycles. The lowest BCUT2D eigenvalue weighted by Gasteiger charge is -2.27. The first-order valence-corrected chi connectivity index (χ1v) is 19.9. The number of allylic oxidation sites excluding steroid dienone is 3. The van der Waals surface area contributed by atoms with Crippen LogP contribution in [0.1, 0.15) is 5.56 Å². The van der Waals surface area contributed by atoms with E-state index in [1.54, 1.807) is 0 Å². The van der Waals surface area contributed by atoms with E-state index in [1.165, 1.54) is 21.7 Å². The van der Waals surface area contributed by atoms with Gasteiger partial charge in [0.15, 0.2) is 0 Å². The molecule has 11 aromatic rings. The summed E-state index contributed by atoms with van der Waals surface area (Å²) in [6, 6.07) is 66.6. The minimum atomic E-state index is 0.866. The van der Waals surface area contributed by atoms with Crippen LogP contribution in [0, 0.1) is 0 Å². The highest BCUT2D eigenvalue weighted by Crippen LogP contribution is 2.40. The second-order valence-corrected chi connectivity index (χ2v) is 15.0. The monoisotopic (exact) mass is 755 g/mol. The van der Waals surface area contributed by atoms with Crippen LogP contribution in [-0.4, -0.2) is 0 Å². The Bertz CT molecular complexity index is 3460. The molecule has 9 aromatic carbocycles. The average Bonchev–Trinajstić information content (AvgIpc) is 3.85. The van der Waals surface area contributed by atoms with E-state index in [4.69, 9.17) is 8.83 Å². The van der Waals surface area contributed by atoms with E-state index < -0.39 is 0 Å². The van der Waals surface area contributed by atoms with Crippen LogP contribution in [0.4, 0.5) is 11.4 Å². The summed E-state index contributed by atoms with van der Waals surface area (Å²) in [5, 5.41) is 9.21. The highest BCUT2D eigenvalue weighted by atomic mass is 16.3. The first-order valence-electron chi connectivity index (χ1n) is 19.9. The number of anilines is 2. The molecule has 0 aliphatic carbocycles. The summed E-state index contributed by atoms with van der Waals surface area (Å²) in [6.45, 7) is 4.05. The van der Waals surface area contributed by atoms with Crippen LogP contribution < -0.4 is 4.90 Å². The van der Waals surface area contributed by atoms with Gasteiger partial charge in [0.25, 0.3) is 0 Å². The SMILES string of the molecule is C=C/C=C\C(=C\c1ccc2oc3cc4ccccc4cc3c2c1)N(c1ccc(-c2cccc3c2oc2ccccc23)cc1)c1cccc(-c2cccc3ccccc23)c1. The van der Waals surface area contributed by atoms with Gasteiger partial charge in [0.05, 0.1) is 0 Å². The predicted molar refractivity (Wildman–Crippen MR) is 249 cm³/mol. The summed E-state index contributed by atoms with van der Waals surface area (Å²) in [6.07, 6.45) is 8.20. The topological polar surface area (TPSA) is 29.5 Å². The number of hydrogen-bond donors (Lipinski definition) is 0.